The summed E-state index contributed by atoms with van der Waals surface area (Å²) in [5, 5.41) is 0.788. The van der Waals surface area contributed by atoms with E-state index in [1.807, 2.05) is 0 Å². The Morgan fingerprint density at radius 2 is 2.25 bits per heavy atom. The van der Waals surface area contributed by atoms with E-state index in [1.165, 1.54) is 13.2 Å². The predicted octanol–water partition coefficient (Wildman–Crippen LogP) is 2.94. The molecule has 0 aliphatic heterocycles. The third-order valence-corrected chi connectivity index (χ3v) is 2.12. The van der Waals surface area contributed by atoms with Crippen molar-refractivity contribution in [2.45, 2.75) is 6.42 Å². The number of methoxy groups -OCH3 is 1. The Hall–Kier alpha value is -1.05. The molecular weight excluding hydrogens is 275 g/mol. The number of halogens is 2. The number of ether oxygens (including phenoxy) is 2. The van der Waals surface area contributed by atoms with Crippen LogP contribution in [0.5, 0.6) is 5.75 Å². The fourth-order valence-electron chi connectivity index (χ4n) is 1.02. The summed E-state index contributed by atoms with van der Waals surface area (Å²) in [6.07, 6.45) is 0.696. The van der Waals surface area contributed by atoms with Crippen LogP contribution in [0.25, 0.3) is 0 Å². The standard InChI is InChI=1S/C12H12BrFO2/c1-15-9-16-11-6-5-10(12(14)8-11)4-2-3-7-13/h5-6,8H,3,7,9H2,1H3. The van der Waals surface area contributed by atoms with Gasteiger partial charge >= 0.3 is 0 Å². The van der Waals surface area contributed by atoms with Gasteiger partial charge in [-0.2, -0.15) is 0 Å². The van der Waals surface area contributed by atoms with Gasteiger partial charge in [0.1, 0.15) is 11.6 Å². The molecule has 0 atom stereocenters. The smallest absolute Gasteiger partial charge is 0.188 e. The zero-order valence-electron chi connectivity index (χ0n) is 8.93. The van der Waals surface area contributed by atoms with Crippen LogP contribution in [-0.2, 0) is 4.74 Å². The Kier molecular flexibility index (Phi) is 5.91. The molecule has 0 aliphatic carbocycles. The molecule has 2 nitrogen and oxygen atoms in total. The van der Waals surface area contributed by atoms with Gasteiger partial charge in [0, 0.05) is 24.9 Å². The summed E-state index contributed by atoms with van der Waals surface area (Å²) in [7, 11) is 1.51. The Bertz CT molecular complexity index is 396. The summed E-state index contributed by atoms with van der Waals surface area (Å²) in [6.45, 7) is 0.105. The topological polar surface area (TPSA) is 18.5 Å². The Morgan fingerprint density at radius 3 is 2.88 bits per heavy atom. The first-order chi connectivity index (χ1) is 7.77. The second kappa shape index (κ2) is 7.26. The first-order valence-electron chi connectivity index (χ1n) is 4.74. The molecule has 0 N–H and O–H groups in total. The fraction of sp³-hybridized carbons (Fsp3) is 0.333. The molecule has 0 amide bonds. The minimum Gasteiger partial charge on any atom is -0.467 e. The van der Waals surface area contributed by atoms with Crippen LogP contribution in [0.4, 0.5) is 4.39 Å². The van der Waals surface area contributed by atoms with E-state index < -0.39 is 0 Å². The van der Waals surface area contributed by atoms with Crippen molar-refractivity contribution in [3.8, 4) is 17.6 Å². The quantitative estimate of drug-likeness (QED) is 0.481. The molecule has 0 aromatic heterocycles. The van der Waals surface area contributed by atoms with Crippen molar-refractivity contribution in [2.24, 2.45) is 0 Å². The van der Waals surface area contributed by atoms with Gasteiger partial charge < -0.3 is 9.47 Å². The van der Waals surface area contributed by atoms with Crippen LogP contribution in [0, 0.1) is 17.7 Å². The average molecular weight is 287 g/mol. The molecule has 1 rings (SSSR count). The molecule has 0 spiro atoms. The van der Waals surface area contributed by atoms with E-state index in [2.05, 4.69) is 27.8 Å². The molecular formula is C12H12BrFO2. The van der Waals surface area contributed by atoms with Crippen LogP contribution in [0.15, 0.2) is 18.2 Å². The van der Waals surface area contributed by atoms with Crippen LogP contribution >= 0.6 is 15.9 Å². The van der Waals surface area contributed by atoms with E-state index in [4.69, 9.17) is 9.47 Å². The van der Waals surface area contributed by atoms with Crippen molar-refractivity contribution >= 4 is 15.9 Å². The minimum atomic E-state index is -0.379. The van der Waals surface area contributed by atoms with Gasteiger partial charge in [-0.25, -0.2) is 4.39 Å². The second-order valence-electron chi connectivity index (χ2n) is 2.93. The van der Waals surface area contributed by atoms with Gasteiger partial charge in [-0.05, 0) is 12.1 Å². The maximum Gasteiger partial charge on any atom is 0.188 e. The van der Waals surface area contributed by atoms with Crippen LogP contribution in [0.2, 0.25) is 0 Å². The second-order valence-corrected chi connectivity index (χ2v) is 3.73. The third-order valence-electron chi connectivity index (χ3n) is 1.73. The molecule has 16 heavy (non-hydrogen) atoms. The largest absolute Gasteiger partial charge is 0.467 e. The van der Waals surface area contributed by atoms with Gasteiger partial charge in [-0.15, -0.1) is 0 Å². The van der Waals surface area contributed by atoms with Crippen molar-refractivity contribution in [3.05, 3.63) is 29.6 Å². The molecule has 1 aromatic carbocycles. The van der Waals surface area contributed by atoms with Gasteiger partial charge in [0.05, 0.1) is 5.56 Å². The lowest BCUT2D eigenvalue weighted by atomic mass is 10.2. The molecule has 0 radical (unpaired) electrons. The molecule has 4 heteroatoms. The lowest BCUT2D eigenvalue weighted by Gasteiger charge is -2.04. The molecule has 0 bridgehead atoms. The summed E-state index contributed by atoms with van der Waals surface area (Å²) >= 11 is 3.25. The molecule has 0 fully saturated rings. The first kappa shape index (κ1) is 13.0. The highest BCUT2D eigenvalue weighted by molar-refractivity contribution is 9.09. The van der Waals surface area contributed by atoms with E-state index in [9.17, 15) is 4.39 Å². The first-order valence-corrected chi connectivity index (χ1v) is 5.86. The molecule has 0 saturated carbocycles. The summed E-state index contributed by atoms with van der Waals surface area (Å²) in [4.78, 5) is 0. The van der Waals surface area contributed by atoms with E-state index in [1.54, 1.807) is 12.1 Å². The zero-order chi connectivity index (χ0) is 11.8. The molecule has 0 unspecified atom stereocenters. The van der Waals surface area contributed by atoms with Gasteiger partial charge in [-0.3, -0.25) is 0 Å². The monoisotopic (exact) mass is 286 g/mol. The zero-order valence-corrected chi connectivity index (χ0v) is 10.5. The summed E-state index contributed by atoms with van der Waals surface area (Å²) in [5.74, 6) is 5.66. The maximum absolute atomic E-state index is 13.5. The van der Waals surface area contributed by atoms with E-state index >= 15 is 0 Å². The van der Waals surface area contributed by atoms with Crippen LogP contribution in [-0.4, -0.2) is 19.2 Å². The number of rotatable bonds is 4. The summed E-state index contributed by atoms with van der Waals surface area (Å²) in [6, 6.07) is 4.57. The van der Waals surface area contributed by atoms with Crippen molar-refractivity contribution in [1.29, 1.82) is 0 Å². The molecule has 1 aromatic rings. The van der Waals surface area contributed by atoms with E-state index in [-0.39, 0.29) is 12.6 Å². The number of benzene rings is 1. The van der Waals surface area contributed by atoms with Crippen molar-refractivity contribution in [1.82, 2.24) is 0 Å². The Morgan fingerprint density at radius 1 is 1.44 bits per heavy atom. The number of hydrogen-bond donors (Lipinski definition) is 0. The fourth-order valence-corrected chi connectivity index (χ4v) is 1.22. The average Bonchev–Trinajstić information content (AvgIpc) is 2.29. The van der Waals surface area contributed by atoms with E-state index in [0.29, 0.717) is 17.7 Å². The molecule has 0 saturated heterocycles. The Balaban J connectivity index is 2.72. The number of hydrogen-bond acceptors (Lipinski definition) is 2. The van der Waals surface area contributed by atoms with Gasteiger partial charge in [0.25, 0.3) is 0 Å². The lowest BCUT2D eigenvalue weighted by molar-refractivity contribution is 0.0509. The van der Waals surface area contributed by atoms with Gasteiger partial charge in [-0.1, -0.05) is 27.8 Å². The maximum atomic E-state index is 13.5. The third kappa shape index (κ3) is 4.21. The van der Waals surface area contributed by atoms with Crippen molar-refractivity contribution in [2.75, 3.05) is 19.2 Å². The van der Waals surface area contributed by atoms with E-state index in [0.717, 1.165) is 5.33 Å². The Labute approximate surface area is 103 Å². The van der Waals surface area contributed by atoms with Crippen LogP contribution in [0.3, 0.4) is 0 Å². The highest BCUT2D eigenvalue weighted by atomic mass is 79.9. The van der Waals surface area contributed by atoms with Gasteiger partial charge in [0.15, 0.2) is 6.79 Å². The van der Waals surface area contributed by atoms with Crippen LogP contribution < -0.4 is 4.74 Å². The normalized spacial score (nSPS) is 9.44. The lowest BCUT2D eigenvalue weighted by Crippen LogP contribution is -1.99. The molecule has 86 valence electrons. The minimum absolute atomic E-state index is 0.105. The van der Waals surface area contributed by atoms with Crippen LogP contribution in [0.1, 0.15) is 12.0 Å². The highest BCUT2D eigenvalue weighted by Gasteiger charge is 2.01. The highest BCUT2D eigenvalue weighted by Crippen LogP contribution is 2.15. The van der Waals surface area contributed by atoms with Crippen molar-refractivity contribution < 1.29 is 13.9 Å². The molecule has 0 aliphatic rings. The van der Waals surface area contributed by atoms with Crippen molar-refractivity contribution in [3.63, 3.8) is 0 Å². The summed E-state index contributed by atoms with van der Waals surface area (Å²) < 4.78 is 23.3. The predicted molar refractivity (Wildman–Crippen MR) is 64.2 cm³/mol. The SMILES string of the molecule is COCOc1ccc(C#CCCBr)c(F)c1. The molecule has 0 heterocycles. The summed E-state index contributed by atoms with van der Waals surface area (Å²) in [5.41, 5.74) is 0.380. The van der Waals surface area contributed by atoms with Gasteiger partial charge in [0.2, 0.25) is 0 Å². The number of alkyl halides is 1.